The molecule has 55 heavy (non-hydrogen) atoms. The zero-order valence-electron chi connectivity index (χ0n) is 30.1. The average Bonchev–Trinajstić information content (AvgIpc) is 3.54. The Labute approximate surface area is 320 Å². The molecule has 1 aromatic heterocycles. The lowest BCUT2D eigenvalue weighted by Gasteiger charge is -2.35. The summed E-state index contributed by atoms with van der Waals surface area (Å²) < 4.78 is 0. The highest BCUT2D eigenvalue weighted by Gasteiger charge is 2.47. The van der Waals surface area contributed by atoms with Gasteiger partial charge in [0.05, 0.1) is 28.3 Å². The predicted molar refractivity (Wildman–Crippen MR) is 230 cm³/mol. The van der Waals surface area contributed by atoms with E-state index in [-0.39, 0.29) is 0 Å². The minimum Gasteiger partial charge on any atom is -0.247 e. The van der Waals surface area contributed by atoms with Crippen LogP contribution in [0.15, 0.2) is 201 Å². The van der Waals surface area contributed by atoms with Crippen LogP contribution in [0.3, 0.4) is 0 Å². The first-order valence-electron chi connectivity index (χ1n) is 18.6. The molecule has 0 amide bonds. The molecule has 0 aliphatic heterocycles. The maximum Gasteiger partial charge on any atom is 0.0991 e. The SMILES string of the molecule is C=C/C=C(\C=C)C1(c2ccccc2)c2cc(C#N)ccc2-c2ccc(-c3cc4c(-c5ccccc5)nc5cc6ccccc6cc5c4c4ccccc34)cc21. The van der Waals surface area contributed by atoms with E-state index in [0.29, 0.717) is 5.56 Å². The van der Waals surface area contributed by atoms with E-state index in [2.05, 4.69) is 177 Å². The Hall–Kier alpha value is -7.34. The van der Waals surface area contributed by atoms with Gasteiger partial charge in [0.2, 0.25) is 0 Å². The van der Waals surface area contributed by atoms with Gasteiger partial charge in [-0.05, 0) is 102 Å². The molecule has 0 fully saturated rings. The summed E-state index contributed by atoms with van der Waals surface area (Å²) in [4.78, 5) is 5.43. The van der Waals surface area contributed by atoms with E-state index in [9.17, 15) is 5.26 Å². The van der Waals surface area contributed by atoms with E-state index < -0.39 is 5.41 Å². The van der Waals surface area contributed by atoms with Crippen LogP contribution >= 0.6 is 0 Å². The number of fused-ring (bicyclic) bond motifs is 9. The summed E-state index contributed by atoms with van der Waals surface area (Å²) in [5.74, 6) is 0. The van der Waals surface area contributed by atoms with Gasteiger partial charge in [0.15, 0.2) is 0 Å². The quantitative estimate of drug-likeness (QED) is 0.0985. The monoisotopic (exact) mass is 698 g/mol. The van der Waals surface area contributed by atoms with Crippen LogP contribution in [0.1, 0.15) is 22.3 Å². The summed E-state index contributed by atoms with van der Waals surface area (Å²) in [6, 6.07) is 60.7. The van der Waals surface area contributed by atoms with E-state index in [1.807, 2.05) is 24.3 Å². The fourth-order valence-electron chi connectivity index (χ4n) is 9.12. The van der Waals surface area contributed by atoms with Gasteiger partial charge in [-0.15, -0.1) is 0 Å². The molecule has 0 saturated heterocycles. The molecule has 2 heteroatoms. The number of benzene rings is 8. The van der Waals surface area contributed by atoms with Crippen molar-refractivity contribution in [1.29, 1.82) is 5.26 Å². The maximum atomic E-state index is 10.1. The molecule has 2 nitrogen and oxygen atoms in total. The lowest BCUT2D eigenvalue weighted by atomic mass is 9.66. The Morgan fingerprint density at radius 2 is 1.22 bits per heavy atom. The van der Waals surface area contributed by atoms with E-state index >= 15 is 0 Å². The highest BCUT2D eigenvalue weighted by molar-refractivity contribution is 6.26. The second kappa shape index (κ2) is 12.7. The molecule has 1 aliphatic rings. The van der Waals surface area contributed by atoms with Crippen LogP contribution in [0.5, 0.6) is 0 Å². The van der Waals surface area contributed by atoms with Gasteiger partial charge in [0.25, 0.3) is 0 Å². The number of allylic oxidation sites excluding steroid dienone is 4. The molecule has 0 spiro atoms. The fourth-order valence-corrected chi connectivity index (χ4v) is 9.12. The summed E-state index contributed by atoms with van der Waals surface area (Å²) in [5, 5.41) is 18.3. The highest BCUT2D eigenvalue weighted by atomic mass is 14.7. The smallest absolute Gasteiger partial charge is 0.0991 e. The summed E-state index contributed by atoms with van der Waals surface area (Å²) >= 11 is 0. The van der Waals surface area contributed by atoms with E-state index in [1.54, 1.807) is 0 Å². The summed E-state index contributed by atoms with van der Waals surface area (Å²) in [6.07, 6.45) is 5.83. The van der Waals surface area contributed by atoms with Crippen LogP contribution in [0.4, 0.5) is 0 Å². The molecule has 1 atom stereocenters. The summed E-state index contributed by atoms with van der Waals surface area (Å²) in [6.45, 7) is 8.44. The van der Waals surface area contributed by atoms with E-state index in [1.165, 1.54) is 26.9 Å². The first-order chi connectivity index (χ1) is 27.1. The van der Waals surface area contributed by atoms with Gasteiger partial charge in [-0.2, -0.15) is 5.26 Å². The third-order valence-corrected chi connectivity index (χ3v) is 11.4. The fraction of sp³-hybridized carbons (Fsp3) is 0.0189. The number of hydrogen-bond donors (Lipinski definition) is 0. The van der Waals surface area contributed by atoms with Crippen molar-refractivity contribution in [3.05, 3.63) is 223 Å². The Morgan fingerprint density at radius 3 is 1.95 bits per heavy atom. The lowest BCUT2D eigenvalue weighted by molar-refractivity contribution is 0.767. The van der Waals surface area contributed by atoms with Crippen molar-refractivity contribution in [3.8, 4) is 39.6 Å². The molecule has 0 bridgehead atoms. The summed E-state index contributed by atoms with van der Waals surface area (Å²) in [7, 11) is 0. The van der Waals surface area contributed by atoms with E-state index in [4.69, 9.17) is 4.98 Å². The Kier molecular flexibility index (Phi) is 7.44. The van der Waals surface area contributed by atoms with Crippen LogP contribution in [0, 0.1) is 11.3 Å². The average molecular weight is 699 g/mol. The van der Waals surface area contributed by atoms with E-state index in [0.717, 1.165) is 72.1 Å². The predicted octanol–water partition coefficient (Wildman–Crippen LogP) is 13.5. The van der Waals surface area contributed by atoms with Gasteiger partial charge in [-0.3, -0.25) is 0 Å². The number of nitriles is 1. The first kappa shape index (κ1) is 32.3. The van der Waals surface area contributed by atoms with Crippen LogP contribution in [-0.2, 0) is 5.41 Å². The molecule has 8 aromatic carbocycles. The van der Waals surface area contributed by atoms with Gasteiger partial charge < -0.3 is 0 Å². The van der Waals surface area contributed by atoms with Crippen LogP contribution in [-0.4, -0.2) is 4.98 Å². The summed E-state index contributed by atoms with van der Waals surface area (Å²) in [5.41, 5.74) is 11.7. The molecule has 1 aliphatic carbocycles. The highest BCUT2D eigenvalue weighted by Crippen LogP contribution is 2.58. The third-order valence-electron chi connectivity index (χ3n) is 11.4. The maximum absolute atomic E-state index is 10.1. The zero-order valence-corrected chi connectivity index (χ0v) is 30.1. The molecule has 256 valence electrons. The minimum absolute atomic E-state index is 0.621. The van der Waals surface area contributed by atoms with Gasteiger partial charge in [-0.25, -0.2) is 4.98 Å². The molecular weight excluding hydrogens is 665 g/mol. The van der Waals surface area contributed by atoms with Crippen molar-refractivity contribution < 1.29 is 0 Å². The first-order valence-corrected chi connectivity index (χ1v) is 18.6. The number of hydrogen-bond acceptors (Lipinski definition) is 2. The standard InChI is InChI=1S/C53H34N2/c1-3-15-39(4-2)53(40-20-9-6-10-21-40)48-28-34(33-54)24-26-42(48)43-27-25-38(30-49(43)53)45-32-47-51(44-23-14-13-22-41(44)45)46-29-36-18-11-12-19-37(36)31-50(46)55-52(47)35-16-7-5-8-17-35/h3-32H,1-2H2/b39-15+. The Morgan fingerprint density at radius 1 is 0.564 bits per heavy atom. The third kappa shape index (κ3) is 4.77. The van der Waals surface area contributed by atoms with Crippen molar-refractivity contribution >= 4 is 43.2 Å². The molecule has 10 rings (SSSR count). The van der Waals surface area contributed by atoms with Crippen molar-refractivity contribution in [3.63, 3.8) is 0 Å². The molecule has 1 unspecified atom stereocenters. The van der Waals surface area contributed by atoms with Crippen molar-refractivity contribution in [1.82, 2.24) is 4.98 Å². The molecule has 0 radical (unpaired) electrons. The van der Waals surface area contributed by atoms with Gasteiger partial charge in [0, 0.05) is 21.7 Å². The molecule has 0 saturated carbocycles. The normalized spacial score (nSPS) is 14.9. The van der Waals surface area contributed by atoms with Crippen molar-refractivity contribution in [2.24, 2.45) is 0 Å². The number of pyridine rings is 1. The topological polar surface area (TPSA) is 36.7 Å². The van der Waals surface area contributed by atoms with Gasteiger partial charge >= 0.3 is 0 Å². The number of aromatic nitrogens is 1. The zero-order chi connectivity index (χ0) is 37.1. The Bertz CT molecular complexity index is 3130. The largest absolute Gasteiger partial charge is 0.247 e. The van der Waals surface area contributed by atoms with Crippen LogP contribution in [0.25, 0.3) is 76.7 Å². The molecular formula is C53H34N2. The second-order valence-corrected chi connectivity index (χ2v) is 14.2. The molecule has 0 N–H and O–H groups in total. The Balaban J connectivity index is 1.33. The number of rotatable bonds is 6. The van der Waals surface area contributed by atoms with Crippen molar-refractivity contribution in [2.75, 3.05) is 0 Å². The van der Waals surface area contributed by atoms with Gasteiger partial charge in [-0.1, -0.05) is 159 Å². The lowest BCUT2D eigenvalue weighted by Crippen LogP contribution is -2.29. The number of nitrogens with zero attached hydrogens (tertiary/aromatic N) is 2. The van der Waals surface area contributed by atoms with Crippen LogP contribution < -0.4 is 0 Å². The second-order valence-electron chi connectivity index (χ2n) is 14.2. The molecule has 9 aromatic rings. The molecule has 1 heterocycles. The van der Waals surface area contributed by atoms with Gasteiger partial charge in [0.1, 0.15) is 0 Å². The minimum atomic E-state index is -0.731. The van der Waals surface area contributed by atoms with Crippen molar-refractivity contribution in [2.45, 2.75) is 5.41 Å². The van der Waals surface area contributed by atoms with Crippen LogP contribution in [0.2, 0.25) is 0 Å².